The van der Waals surface area contributed by atoms with E-state index in [1.165, 1.54) is 14.2 Å². The van der Waals surface area contributed by atoms with Gasteiger partial charge in [0.25, 0.3) is 11.7 Å². The van der Waals surface area contributed by atoms with E-state index in [4.69, 9.17) is 9.47 Å². The van der Waals surface area contributed by atoms with E-state index in [1.807, 2.05) is 0 Å². The monoisotopic (exact) mass is 288 g/mol. The Bertz CT molecular complexity index is 676. The number of nitrogens with zero attached hydrogens (tertiary/aromatic N) is 1. The van der Waals surface area contributed by atoms with Crippen LogP contribution in [-0.2, 0) is 11.8 Å². The molecule has 1 N–H and O–H groups in total. The minimum absolute atomic E-state index is 0.314. The number of rotatable bonds is 5. The number of benzene rings is 1. The standard InChI is InChI=1S/C15H16N2O4/c1-17-8-4-5-12(17)14(18)15(19)16-11-9-10(20-2)6-7-13(11)21-3/h4-9H,1-3H3,(H,16,19). The van der Waals surface area contributed by atoms with Crippen molar-refractivity contribution < 1.29 is 19.1 Å². The van der Waals surface area contributed by atoms with E-state index < -0.39 is 11.7 Å². The summed E-state index contributed by atoms with van der Waals surface area (Å²) in [5, 5.41) is 2.54. The van der Waals surface area contributed by atoms with Crippen LogP contribution in [0.15, 0.2) is 36.5 Å². The molecule has 0 saturated carbocycles. The van der Waals surface area contributed by atoms with Gasteiger partial charge in [0.1, 0.15) is 11.5 Å². The van der Waals surface area contributed by atoms with Crippen LogP contribution in [0, 0.1) is 0 Å². The Hall–Kier alpha value is -2.76. The van der Waals surface area contributed by atoms with E-state index in [0.717, 1.165) is 0 Å². The van der Waals surface area contributed by atoms with Gasteiger partial charge in [-0.25, -0.2) is 0 Å². The van der Waals surface area contributed by atoms with Gasteiger partial charge in [-0.05, 0) is 24.3 Å². The van der Waals surface area contributed by atoms with Crippen LogP contribution in [0.3, 0.4) is 0 Å². The number of methoxy groups -OCH3 is 2. The number of aromatic nitrogens is 1. The van der Waals surface area contributed by atoms with Crippen molar-refractivity contribution in [2.24, 2.45) is 7.05 Å². The normalized spacial score (nSPS) is 10.0. The molecule has 21 heavy (non-hydrogen) atoms. The van der Waals surface area contributed by atoms with Gasteiger partial charge in [-0.15, -0.1) is 0 Å². The van der Waals surface area contributed by atoms with Gasteiger partial charge < -0.3 is 19.4 Å². The molecule has 1 aromatic carbocycles. The molecular weight excluding hydrogens is 272 g/mol. The summed E-state index contributed by atoms with van der Waals surface area (Å²) in [4.78, 5) is 24.1. The van der Waals surface area contributed by atoms with Crippen LogP contribution in [0.25, 0.3) is 0 Å². The maximum absolute atomic E-state index is 12.1. The first-order chi connectivity index (χ1) is 10.1. The molecule has 110 valence electrons. The minimum atomic E-state index is -0.733. The van der Waals surface area contributed by atoms with Crippen molar-refractivity contribution in [2.75, 3.05) is 19.5 Å². The quantitative estimate of drug-likeness (QED) is 0.673. The number of carbonyl (C=O) groups excluding carboxylic acids is 2. The number of amides is 1. The summed E-state index contributed by atoms with van der Waals surface area (Å²) in [6.07, 6.45) is 1.70. The Morgan fingerprint density at radius 1 is 1.14 bits per heavy atom. The van der Waals surface area contributed by atoms with Gasteiger partial charge in [0.2, 0.25) is 0 Å². The van der Waals surface area contributed by atoms with Gasteiger partial charge in [0.15, 0.2) is 0 Å². The number of ketones is 1. The van der Waals surface area contributed by atoms with E-state index in [2.05, 4.69) is 5.32 Å². The lowest BCUT2D eigenvalue weighted by atomic mass is 10.2. The number of hydrogen-bond acceptors (Lipinski definition) is 4. The van der Waals surface area contributed by atoms with Crippen molar-refractivity contribution in [3.63, 3.8) is 0 Å². The smallest absolute Gasteiger partial charge is 0.298 e. The lowest BCUT2D eigenvalue weighted by molar-refractivity contribution is -0.112. The van der Waals surface area contributed by atoms with Crippen LogP contribution in [0.1, 0.15) is 10.5 Å². The molecule has 0 radical (unpaired) electrons. The van der Waals surface area contributed by atoms with Crippen LogP contribution in [0.5, 0.6) is 11.5 Å². The zero-order valence-electron chi connectivity index (χ0n) is 12.0. The van der Waals surface area contributed by atoms with E-state index in [0.29, 0.717) is 22.9 Å². The van der Waals surface area contributed by atoms with Crippen molar-refractivity contribution in [1.29, 1.82) is 0 Å². The number of ether oxygens (including phenoxy) is 2. The summed E-state index contributed by atoms with van der Waals surface area (Å²) in [5.41, 5.74) is 0.693. The van der Waals surface area contributed by atoms with Crippen LogP contribution in [-0.4, -0.2) is 30.5 Å². The number of anilines is 1. The molecule has 1 aromatic heterocycles. The highest BCUT2D eigenvalue weighted by Crippen LogP contribution is 2.28. The summed E-state index contributed by atoms with van der Waals surface area (Å²) in [6.45, 7) is 0. The highest BCUT2D eigenvalue weighted by atomic mass is 16.5. The number of aryl methyl sites for hydroxylation is 1. The average molecular weight is 288 g/mol. The first-order valence-electron chi connectivity index (χ1n) is 6.26. The van der Waals surface area contributed by atoms with Crippen molar-refractivity contribution >= 4 is 17.4 Å². The first kappa shape index (κ1) is 14.6. The van der Waals surface area contributed by atoms with Crippen LogP contribution in [0.4, 0.5) is 5.69 Å². The number of Topliss-reactive ketones (excluding diaryl/α,β-unsaturated/α-hetero) is 1. The zero-order chi connectivity index (χ0) is 15.4. The molecule has 0 bridgehead atoms. The summed E-state index contributed by atoms with van der Waals surface area (Å²) in [7, 11) is 4.70. The molecule has 1 amide bonds. The highest BCUT2D eigenvalue weighted by molar-refractivity contribution is 6.46. The maximum atomic E-state index is 12.1. The number of hydrogen-bond donors (Lipinski definition) is 1. The number of carbonyl (C=O) groups is 2. The minimum Gasteiger partial charge on any atom is -0.497 e. The summed E-state index contributed by atoms with van der Waals surface area (Å²) >= 11 is 0. The third kappa shape index (κ3) is 3.05. The summed E-state index contributed by atoms with van der Waals surface area (Å²) in [6, 6.07) is 8.24. The Kier molecular flexibility index (Phi) is 4.27. The molecule has 0 aliphatic carbocycles. The van der Waals surface area contributed by atoms with Crippen molar-refractivity contribution in [3.8, 4) is 11.5 Å². The van der Waals surface area contributed by atoms with E-state index >= 15 is 0 Å². The SMILES string of the molecule is COc1ccc(OC)c(NC(=O)C(=O)c2cccn2C)c1. The van der Waals surface area contributed by atoms with Gasteiger partial charge in [-0.2, -0.15) is 0 Å². The Morgan fingerprint density at radius 3 is 2.48 bits per heavy atom. The van der Waals surface area contributed by atoms with Crippen molar-refractivity contribution in [3.05, 3.63) is 42.2 Å². The molecule has 0 fully saturated rings. The highest BCUT2D eigenvalue weighted by Gasteiger charge is 2.20. The largest absolute Gasteiger partial charge is 0.497 e. The van der Waals surface area contributed by atoms with Crippen molar-refractivity contribution in [1.82, 2.24) is 4.57 Å². The molecule has 0 aliphatic rings. The van der Waals surface area contributed by atoms with Gasteiger partial charge in [0, 0.05) is 19.3 Å². The molecule has 2 rings (SSSR count). The van der Waals surface area contributed by atoms with Crippen molar-refractivity contribution in [2.45, 2.75) is 0 Å². The predicted octanol–water partition coefficient (Wildman–Crippen LogP) is 1.86. The molecule has 0 aliphatic heterocycles. The fraction of sp³-hybridized carbons (Fsp3) is 0.200. The third-order valence-corrected chi connectivity index (χ3v) is 3.04. The summed E-state index contributed by atoms with van der Waals surface area (Å²) in [5.74, 6) is -0.350. The van der Waals surface area contributed by atoms with Crippen LogP contribution >= 0.6 is 0 Å². The topological polar surface area (TPSA) is 69.6 Å². The lowest BCUT2D eigenvalue weighted by Crippen LogP contribution is -2.24. The van der Waals surface area contributed by atoms with E-state index in [9.17, 15) is 9.59 Å². The molecule has 6 nitrogen and oxygen atoms in total. The Morgan fingerprint density at radius 2 is 1.90 bits per heavy atom. The molecule has 0 atom stereocenters. The van der Waals surface area contributed by atoms with E-state index in [-0.39, 0.29) is 0 Å². The second kappa shape index (κ2) is 6.13. The van der Waals surface area contributed by atoms with Gasteiger partial charge in [-0.1, -0.05) is 0 Å². The lowest BCUT2D eigenvalue weighted by Gasteiger charge is -2.11. The molecule has 0 saturated heterocycles. The second-order valence-electron chi connectivity index (χ2n) is 4.35. The van der Waals surface area contributed by atoms with Gasteiger partial charge in [-0.3, -0.25) is 9.59 Å². The molecule has 0 spiro atoms. The molecule has 1 heterocycles. The van der Waals surface area contributed by atoms with E-state index in [1.54, 1.807) is 48.1 Å². The Labute approximate surface area is 122 Å². The fourth-order valence-corrected chi connectivity index (χ4v) is 1.90. The number of nitrogens with one attached hydrogen (secondary N) is 1. The molecule has 6 heteroatoms. The van der Waals surface area contributed by atoms with Crippen LogP contribution < -0.4 is 14.8 Å². The molecular formula is C15H16N2O4. The molecule has 0 unspecified atom stereocenters. The predicted molar refractivity (Wildman–Crippen MR) is 77.9 cm³/mol. The maximum Gasteiger partial charge on any atom is 0.298 e. The third-order valence-electron chi connectivity index (χ3n) is 3.04. The fourth-order valence-electron chi connectivity index (χ4n) is 1.90. The Balaban J connectivity index is 2.23. The average Bonchev–Trinajstić information content (AvgIpc) is 2.92. The van der Waals surface area contributed by atoms with Gasteiger partial charge >= 0.3 is 0 Å². The first-order valence-corrected chi connectivity index (χ1v) is 6.26. The zero-order valence-corrected chi connectivity index (χ0v) is 12.0. The van der Waals surface area contributed by atoms with Gasteiger partial charge in [0.05, 0.1) is 25.6 Å². The van der Waals surface area contributed by atoms with Crippen LogP contribution in [0.2, 0.25) is 0 Å². The second-order valence-corrected chi connectivity index (χ2v) is 4.35. The summed E-state index contributed by atoms with van der Waals surface area (Å²) < 4.78 is 11.8. The molecule has 2 aromatic rings.